The second-order valence-electron chi connectivity index (χ2n) is 14.2. The zero-order valence-electron chi connectivity index (χ0n) is 29.1. The number of pyridine rings is 2. The number of aromatic nitrogens is 4. The Morgan fingerprint density at radius 1 is 0.389 bits per heavy atom. The molecule has 11 aromatic rings. The van der Waals surface area contributed by atoms with Crippen LogP contribution >= 0.6 is 0 Å². The Morgan fingerprint density at radius 3 is 1.80 bits per heavy atom. The van der Waals surface area contributed by atoms with Gasteiger partial charge in [0.05, 0.1) is 27.8 Å². The van der Waals surface area contributed by atoms with Crippen LogP contribution in [-0.2, 0) is 0 Å². The number of hydrogen-bond donors (Lipinski definition) is 0. The molecular formula is C50H30N4. The second-order valence-corrected chi connectivity index (χ2v) is 14.2. The third-order valence-corrected chi connectivity index (χ3v) is 11.3. The minimum atomic E-state index is 0.913. The maximum Gasteiger partial charge on any atom is 0.138 e. The van der Waals surface area contributed by atoms with E-state index < -0.39 is 0 Å². The molecule has 0 amide bonds. The van der Waals surface area contributed by atoms with E-state index in [0.29, 0.717) is 0 Å². The molecule has 12 rings (SSSR count). The Kier molecular flexibility index (Phi) is 6.02. The predicted octanol–water partition coefficient (Wildman–Crippen LogP) is 12.8. The van der Waals surface area contributed by atoms with Gasteiger partial charge in [-0.1, -0.05) is 109 Å². The molecule has 0 fully saturated rings. The van der Waals surface area contributed by atoms with E-state index in [1.807, 2.05) is 12.4 Å². The molecule has 4 heteroatoms. The van der Waals surface area contributed by atoms with Gasteiger partial charge in [0, 0.05) is 50.6 Å². The normalized spacial score (nSPS) is 12.1. The molecule has 0 spiro atoms. The summed E-state index contributed by atoms with van der Waals surface area (Å²) in [6.45, 7) is 0. The van der Waals surface area contributed by atoms with E-state index in [9.17, 15) is 0 Å². The van der Waals surface area contributed by atoms with Crippen molar-refractivity contribution in [2.24, 2.45) is 0 Å². The number of para-hydroxylation sites is 2. The average Bonchev–Trinajstić information content (AvgIpc) is 3.87. The fourth-order valence-electron chi connectivity index (χ4n) is 8.93. The molecule has 1 aliphatic rings. The Bertz CT molecular complexity index is 3330. The molecule has 0 unspecified atom stereocenters. The smallest absolute Gasteiger partial charge is 0.138 e. The molecule has 54 heavy (non-hydrogen) atoms. The van der Waals surface area contributed by atoms with Crippen molar-refractivity contribution in [1.82, 2.24) is 19.1 Å². The first-order valence-corrected chi connectivity index (χ1v) is 18.4. The van der Waals surface area contributed by atoms with Crippen molar-refractivity contribution in [3.05, 3.63) is 182 Å². The third-order valence-electron chi connectivity index (χ3n) is 11.3. The van der Waals surface area contributed by atoms with Gasteiger partial charge in [-0.05, 0) is 99.4 Å². The van der Waals surface area contributed by atoms with E-state index in [0.717, 1.165) is 33.8 Å². The van der Waals surface area contributed by atoms with Crippen LogP contribution in [0.1, 0.15) is 0 Å². The van der Waals surface area contributed by atoms with Gasteiger partial charge in [0.1, 0.15) is 5.82 Å². The molecule has 0 atom stereocenters. The van der Waals surface area contributed by atoms with Crippen LogP contribution in [0.15, 0.2) is 182 Å². The molecule has 0 N–H and O–H groups in total. The van der Waals surface area contributed by atoms with E-state index >= 15 is 0 Å². The summed E-state index contributed by atoms with van der Waals surface area (Å²) in [5.74, 6) is 0.913. The van der Waals surface area contributed by atoms with Crippen molar-refractivity contribution in [2.45, 2.75) is 0 Å². The van der Waals surface area contributed by atoms with Crippen LogP contribution in [0.5, 0.6) is 0 Å². The number of fused-ring (bicyclic) bond motifs is 9. The summed E-state index contributed by atoms with van der Waals surface area (Å²) < 4.78 is 4.73. The summed E-state index contributed by atoms with van der Waals surface area (Å²) >= 11 is 0. The molecule has 4 aromatic heterocycles. The molecule has 250 valence electrons. The molecule has 4 heterocycles. The Labute approximate surface area is 310 Å². The Balaban J connectivity index is 1.03. The lowest BCUT2D eigenvalue weighted by Gasteiger charge is -2.11. The molecule has 0 saturated carbocycles. The summed E-state index contributed by atoms with van der Waals surface area (Å²) in [5.41, 5.74) is 15.1. The number of benzene rings is 7. The lowest BCUT2D eigenvalue weighted by Crippen LogP contribution is -1.99. The van der Waals surface area contributed by atoms with Crippen LogP contribution in [0.25, 0.3) is 111 Å². The van der Waals surface area contributed by atoms with E-state index in [2.05, 4.69) is 184 Å². The van der Waals surface area contributed by atoms with Crippen LogP contribution in [-0.4, -0.2) is 19.1 Å². The first-order chi connectivity index (χ1) is 26.8. The predicted molar refractivity (Wildman–Crippen MR) is 224 cm³/mol. The fraction of sp³-hybridized carbons (Fsp3) is 0. The van der Waals surface area contributed by atoms with E-state index in [-0.39, 0.29) is 0 Å². The molecule has 4 nitrogen and oxygen atoms in total. The highest BCUT2D eigenvalue weighted by Gasteiger charge is 2.25. The third kappa shape index (κ3) is 4.13. The molecule has 0 aliphatic heterocycles. The molecular weight excluding hydrogens is 657 g/mol. The number of rotatable bonds is 4. The summed E-state index contributed by atoms with van der Waals surface area (Å²) in [4.78, 5) is 9.85. The van der Waals surface area contributed by atoms with E-state index in [1.54, 1.807) is 0 Å². The monoisotopic (exact) mass is 686 g/mol. The molecule has 7 aromatic carbocycles. The van der Waals surface area contributed by atoms with Crippen LogP contribution < -0.4 is 0 Å². The molecule has 0 saturated heterocycles. The van der Waals surface area contributed by atoms with Crippen molar-refractivity contribution in [2.75, 3.05) is 0 Å². The van der Waals surface area contributed by atoms with Crippen molar-refractivity contribution in [1.29, 1.82) is 0 Å². The van der Waals surface area contributed by atoms with Gasteiger partial charge < -0.3 is 4.57 Å². The van der Waals surface area contributed by atoms with Gasteiger partial charge in [0.2, 0.25) is 0 Å². The minimum Gasteiger partial charge on any atom is -0.309 e. The highest BCUT2D eigenvalue weighted by molar-refractivity contribution is 6.16. The van der Waals surface area contributed by atoms with Crippen LogP contribution in [0.4, 0.5) is 0 Å². The first kappa shape index (κ1) is 29.3. The zero-order chi connectivity index (χ0) is 35.3. The zero-order valence-corrected chi connectivity index (χ0v) is 29.1. The van der Waals surface area contributed by atoms with Gasteiger partial charge in [0.25, 0.3) is 0 Å². The van der Waals surface area contributed by atoms with Crippen molar-refractivity contribution in [3.8, 4) is 56.1 Å². The van der Waals surface area contributed by atoms with Crippen molar-refractivity contribution < 1.29 is 0 Å². The van der Waals surface area contributed by atoms with Gasteiger partial charge in [-0.3, -0.25) is 9.55 Å². The van der Waals surface area contributed by atoms with Gasteiger partial charge >= 0.3 is 0 Å². The molecule has 0 radical (unpaired) electrons. The first-order valence-electron chi connectivity index (χ1n) is 18.4. The van der Waals surface area contributed by atoms with E-state index in [1.165, 1.54) is 76.7 Å². The highest BCUT2D eigenvalue weighted by atomic mass is 15.1. The summed E-state index contributed by atoms with van der Waals surface area (Å²) in [6.07, 6.45) is 3.82. The Morgan fingerprint density at radius 2 is 1.02 bits per heavy atom. The number of hydrogen-bond acceptors (Lipinski definition) is 2. The van der Waals surface area contributed by atoms with Crippen molar-refractivity contribution in [3.63, 3.8) is 0 Å². The fourth-order valence-corrected chi connectivity index (χ4v) is 8.93. The van der Waals surface area contributed by atoms with E-state index in [4.69, 9.17) is 4.98 Å². The van der Waals surface area contributed by atoms with Crippen LogP contribution in [0, 0.1) is 0 Å². The van der Waals surface area contributed by atoms with Gasteiger partial charge in [-0.2, -0.15) is 0 Å². The maximum atomic E-state index is 5.37. The lowest BCUT2D eigenvalue weighted by atomic mass is 10.0. The lowest BCUT2D eigenvalue weighted by molar-refractivity contribution is 1.09. The minimum absolute atomic E-state index is 0.913. The SMILES string of the molecule is c1ccc(-c2cccc(-n3c4ccccc4c4cc(-c5ccc6c(c5)c5ccccc5n6-c5cc6cccc7c6c(n5)-c5cnccc5-7)ccc43)c2)cc1. The van der Waals surface area contributed by atoms with Crippen LogP contribution in [0.3, 0.4) is 0 Å². The Hall–Kier alpha value is -7.30. The highest BCUT2D eigenvalue weighted by Crippen LogP contribution is 2.47. The summed E-state index contributed by atoms with van der Waals surface area (Å²) in [6, 6.07) is 61.6. The van der Waals surface area contributed by atoms with Gasteiger partial charge in [-0.15, -0.1) is 0 Å². The quantitative estimate of drug-likeness (QED) is 0.185. The van der Waals surface area contributed by atoms with Gasteiger partial charge in [-0.25, -0.2) is 4.98 Å². The largest absolute Gasteiger partial charge is 0.309 e. The molecule has 1 aliphatic carbocycles. The molecule has 0 bridgehead atoms. The van der Waals surface area contributed by atoms with Gasteiger partial charge in [0.15, 0.2) is 0 Å². The average molecular weight is 687 g/mol. The summed E-state index contributed by atoms with van der Waals surface area (Å²) in [7, 11) is 0. The topological polar surface area (TPSA) is 35.6 Å². The second kappa shape index (κ2) is 11.1. The van der Waals surface area contributed by atoms with Crippen molar-refractivity contribution >= 4 is 54.4 Å². The summed E-state index contributed by atoms with van der Waals surface area (Å²) in [5, 5.41) is 7.28. The van der Waals surface area contributed by atoms with Crippen LogP contribution in [0.2, 0.25) is 0 Å². The standard InChI is InChI=1S/C50H30N4/c1-2-10-31(11-3-1)32-12-8-14-36(26-32)53-44-18-6-4-15-38(44)41-27-33(20-22-46(41)53)34-21-23-47-42(28-34)39-16-5-7-19-45(39)54(47)48-29-35-13-9-17-40-37-24-25-51-30-43(37)50(52-48)49(35)40/h1-30H. The number of nitrogens with zero attached hydrogens (tertiary/aromatic N) is 4. The maximum absolute atomic E-state index is 5.37.